The van der Waals surface area contributed by atoms with Crippen LogP contribution in [0.1, 0.15) is 28.7 Å². The average molecular weight is 553 g/mol. The summed E-state index contributed by atoms with van der Waals surface area (Å²) < 4.78 is 28.2. The highest BCUT2D eigenvalue weighted by Crippen LogP contribution is 2.10. The highest BCUT2D eigenvalue weighted by molar-refractivity contribution is 7.88. The summed E-state index contributed by atoms with van der Waals surface area (Å²) in [7, 11) is -3.93. The molecule has 0 aliphatic carbocycles. The normalized spacial score (nSPS) is 12.7. The number of sulfonamides is 1. The number of carbonyl (C=O) groups excluding carboxylic acids is 2. The van der Waals surface area contributed by atoms with Crippen molar-refractivity contribution >= 4 is 27.7 Å². The molecule has 2 amide bonds. The lowest BCUT2D eigenvalue weighted by Gasteiger charge is -2.22. The minimum Gasteiger partial charge on any atom is -0.394 e. The summed E-state index contributed by atoms with van der Waals surface area (Å²) in [5.41, 5.74) is 8.13. The maximum absolute atomic E-state index is 13.2. The molecule has 0 saturated heterocycles. The van der Waals surface area contributed by atoms with Crippen LogP contribution in [-0.2, 0) is 38.3 Å². The van der Waals surface area contributed by atoms with Gasteiger partial charge in [-0.05, 0) is 41.7 Å². The van der Waals surface area contributed by atoms with Crippen molar-refractivity contribution in [2.75, 3.05) is 6.61 Å². The van der Waals surface area contributed by atoms with Gasteiger partial charge in [0.1, 0.15) is 17.9 Å². The van der Waals surface area contributed by atoms with Crippen LogP contribution in [0, 0.1) is 5.41 Å². The first-order chi connectivity index (χ1) is 18.7. The van der Waals surface area contributed by atoms with E-state index in [4.69, 9.17) is 11.1 Å². The van der Waals surface area contributed by atoms with Gasteiger partial charge in [0.15, 0.2) is 0 Å². The first-order valence-corrected chi connectivity index (χ1v) is 13.9. The van der Waals surface area contributed by atoms with Crippen molar-refractivity contribution in [3.8, 4) is 0 Å². The molecular formula is C27H32N6O5S. The Balaban J connectivity index is 1.66. The van der Waals surface area contributed by atoms with E-state index in [1.807, 2.05) is 30.3 Å². The number of aromatic nitrogens is 1. The summed E-state index contributed by atoms with van der Waals surface area (Å²) in [4.78, 5) is 29.8. The maximum atomic E-state index is 13.2. The molecule has 206 valence electrons. The molecule has 1 heterocycles. The number of rotatable bonds is 14. The van der Waals surface area contributed by atoms with E-state index in [2.05, 4.69) is 20.3 Å². The van der Waals surface area contributed by atoms with Gasteiger partial charge in [0, 0.05) is 24.5 Å². The molecule has 12 heteroatoms. The Labute approximate surface area is 227 Å². The van der Waals surface area contributed by atoms with Crippen LogP contribution in [0.4, 0.5) is 0 Å². The fraction of sp³-hybridized carbons (Fsp3) is 0.259. The van der Waals surface area contributed by atoms with Gasteiger partial charge < -0.3 is 21.5 Å². The van der Waals surface area contributed by atoms with Gasteiger partial charge in [-0.3, -0.25) is 20.0 Å². The van der Waals surface area contributed by atoms with E-state index in [0.29, 0.717) is 17.5 Å². The second kappa shape index (κ2) is 14.1. The lowest BCUT2D eigenvalue weighted by atomic mass is 10.0. The first-order valence-electron chi connectivity index (χ1n) is 12.2. The Morgan fingerprint density at radius 2 is 1.56 bits per heavy atom. The number of carbonyl (C=O) groups is 2. The molecule has 0 fully saturated rings. The number of amidine groups is 1. The van der Waals surface area contributed by atoms with E-state index in [1.165, 1.54) is 12.4 Å². The van der Waals surface area contributed by atoms with Gasteiger partial charge in [-0.15, -0.1) is 0 Å². The second-order valence-corrected chi connectivity index (χ2v) is 10.6. The number of nitrogens with one attached hydrogen (secondary N) is 4. The molecule has 2 atom stereocenters. The van der Waals surface area contributed by atoms with E-state index < -0.39 is 40.5 Å². The highest BCUT2D eigenvalue weighted by atomic mass is 32.2. The van der Waals surface area contributed by atoms with Gasteiger partial charge in [-0.2, -0.15) is 0 Å². The number of nitrogens with zero attached hydrogens (tertiary/aromatic N) is 1. The molecule has 3 rings (SSSR count). The van der Waals surface area contributed by atoms with Crippen LogP contribution in [0.2, 0.25) is 0 Å². The van der Waals surface area contributed by atoms with Crippen LogP contribution in [0.15, 0.2) is 79.1 Å². The van der Waals surface area contributed by atoms with E-state index in [9.17, 15) is 23.1 Å². The summed E-state index contributed by atoms with van der Waals surface area (Å²) in [6.45, 7) is -0.574. The number of aryl methyl sites for hydroxylation is 1. The minimum absolute atomic E-state index is 0.0770. The highest BCUT2D eigenvalue weighted by Gasteiger charge is 2.28. The number of amides is 2. The number of nitrogens with two attached hydrogens (primary N) is 1. The van der Waals surface area contributed by atoms with Crippen molar-refractivity contribution in [2.45, 2.75) is 37.2 Å². The molecule has 0 spiro atoms. The lowest BCUT2D eigenvalue weighted by molar-refractivity contribution is -0.130. The molecule has 0 unspecified atom stereocenters. The number of benzene rings is 2. The molecule has 0 bridgehead atoms. The number of hydrogen-bond donors (Lipinski definition) is 6. The summed E-state index contributed by atoms with van der Waals surface area (Å²) >= 11 is 0. The molecule has 0 saturated carbocycles. The van der Waals surface area contributed by atoms with Gasteiger partial charge in [0.2, 0.25) is 21.8 Å². The van der Waals surface area contributed by atoms with E-state index >= 15 is 0 Å². The van der Waals surface area contributed by atoms with Crippen molar-refractivity contribution in [1.82, 2.24) is 20.3 Å². The van der Waals surface area contributed by atoms with Crippen LogP contribution < -0.4 is 21.1 Å². The van der Waals surface area contributed by atoms with Crippen LogP contribution in [-0.4, -0.2) is 54.8 Å². The zero-order valence-corrected chi connectivity index (χ0v) is 22.0. The second-order valence-electron chi connectivity index (χ2n) is 8.88. The Hall–Kier alpha value is -4.13. The number of pyridine rings is 1. The van der Waals surface area contributed by atoms with Crippen LogP contribution in [0.3, 0.4) is 0 Å². The minimum atomic E-state index is -3.93. The Bertz CT molecular complexity index is 1350. The zero-order chi connectivity index (χ0) is 28.3. The number of nitrogen functional groups attached to an aromatic ring is 1. The third kappa shape index (κ3) is 9.60. The fourth-order valence-corrected chi connectivity index (χ4v) is 5.11. The number of aliphatic hydroxyl groups is 1. The van der Waals surface area contributed by atoms with Crippen molar-refractivity contribution in [1.29, 1.82) is 5.41 Å². The third-order valence-corrected chi connectivity index (χ3v) is 7.21. The molecule has 0 aliphatic rings. The van der Waals surface area contributed by atoms with Gasteiger partial charge >= 0.3 is 0 Å². The monoisotopic (exact) mass is 552 g/mol. The van der Waals surface area contributed by atoms with Crippen molar-refractivity contribution in [3.05, 3.63) is 101 Å². The molecule has 1 aromatic heterocycles. The summed E-state index contributed by atoms with van der Waals surface area (Å²) in [5.74, 6) is -1.80. The lowest BCUT2D eigenvalue weighted by Crippen LogP contribution is -2.55. The predicted octanol–water partition coefficient (Wildman–Crippen LogP) is 0.580. The summed E-state index contributed by atoms with van der Waals surface area (Å²) in [6, 6.07) is 16.6. The van der Waals surface area contributed by atoms with Gasteiger partial charge in [-0.1, -0.05) is 54.6 Å². The molecular weight excluding hydrogens is 520 g/mol. The Morgan fingerprint density at radius 3 is 2.18 bits per heavy atom. The molecule has 0 aliphatic heterocycles. The summed E-state index contributed by atoms with van der Waals surface area (Å²) in [6.07, 6.45) is 3.50. The van der Waals surface area contributed by atoms with E-state index in [1.54, 1.807) is 36.4 Å². The van der Waals surface area contributed by atoms with Crippen molar-refractivity contribution in [2.24, 2.45) is 5.73 Å². The van der Waals surface area contributed by atoms with E-state index in [-0.39, 0.29) is 24.6 Å². The van der Waals surface area contributed by atoms with E-state index in [0.717, 1.165) is 11.1 Å². The fourth-order valence-electron chi connectivity index (χ4n) is 3.74. The van der Waals surface area contributed by atoms with Crippen LogP contribution >= 0.6 is 0 Å². The largest absolute Gasteiger partial charge is 0.394 e. The quantitative estimate of drug-likeness (QED) is 0.125. The molecule has 39 heavy (non-hydrogen) atoms. The Morgan fingerprint density at radius 1 is 0.897 bits per heavy atom. The SMILES string of the molecule is N=C(N)c1ccc(CNC(=O)[C@H](CO)NC(=O)[C@@H](CCc2ccccc2)NS(=O)(=O)Cc2ccncc2)cc1. The predicted molar refractivity (Wildman–Crippen MR) is 147 cm³/mol. The van der Waals surface area contributed by atoms with Gasteiger partial charge in [0.05, 0.1) is 12.4 Å². The topological polar surface area (TPSA) is 187 Å². The Kier molecular flexibility index (Phi) is 10.7. The van der Waals surface area contributed by atoms with Crippen LogP contribution in [0.25, 0.3) is 0 Å². The number of hydrogen-bond acceptors (Lipinski definition) is 7. The molecule has 0 radical (unpaired) electrons. The molecule has 2 aromatic carbocycles. The van der Waals surface area contributed by atoms with Gasteiger partial charge in [-0.25, -0.2) is 13.1 Å². The van der Waals surface area contributed by atoms with Gasteiger partial charge in [0.25, 0.3) is 0 Å². The smallest absolute Gasteiger partial charge is 0.245 e. The maximum Gasteiger partial charge on any atom is 0.245 e. The molecule has 7 N–H and O–H groups in total. The average Bonchev–Trinajstić information content (AvgIpc) is 2.93. The zero-order valence-electron chi connectivity index (χ0n) is 21.2. The third-order valence-electron chi connectivity index (χ3n) is 5.86. The number of aliphatic hydroxyl groups excluding tert-OH is 1. The van der Waals surface area contributed by atoms with Crippen LogP contribution in [0.5, 0.6) is 0 Å². The first kappa shape index (κ1) is 29.4. The van der Waals surface area contributed by atoms with Crippen molar-refractivity contribution < 1.29 is 23.1 Å². The summed E-state index contributed by atoms with van der Waals surface area (Å²) in [5, 5.41) is 22.3. The standard InChI is InChI=1S/C27H32N6O5S/c28-25(29)22-9-6-20(7-10-22)16-31-26(35)24(17-34)32-27(36)23(11-8-19-4-2-1-3-5-19)33-39(37,38)18-21-12-14-30-15-13-21/h1-7,9-10,12-15,23-24,33-34H,8,11,16-18H2,(H3,28,29)(H,31,35)(H,32,36)/t23-,24+/m1/s1. The molecule has 11 nitrogen and oxygen atoms in total. The molecule has 3 aromatic rings. The van der Waals surface area contributed by atoms with Crippen molar-refractivity contribution in [3.63, 3.8) is 0 Å².